The molecule has 0 aliphatic heterocycles. The molecule has 2 saturated carbocycles. The molecule has 0 aromatic heterocycles. The van der Waals surface area contributed by atoms with E-state index in [0.29, 0.717) is 30.9 Å². The monoisotopic (exact) mass is 480 g/mol. The van der Waals surface area contributed by atoms with Crippen LogP contribution in [0.4, 0.5) is 4.79 Å². The van der Waals surface area contributed by atoms with E-state index in [2.05, 4.69) is 45.3 Å². The SMILES string of the molecule is CCCC[C@H](NC[C@@H](CC(C)C)NC(=O)OCC1CCCCC1)C(O)C1C(=O)C1CCC(C)C. The molecule has 0 aromatic carbocycles. The van der Waals surface area contributed by atoms with Crippen molar-refractivity contribution in [3.8, 4) is 0 Å². The second-order valence-electron chi connectivity index (χ2n) is 11.7. The lowest BCUT2D eigenvalue weighted by Gasteiger charge is -2.28. The Bertz CT molecular complexity index is 603. The van der Waals surface area contributed by atoms with Gasteiger partial charge in [0, 0.05) is 24.5 Å². The predicted molar refractivity (Wildman–Crippen MR) is 138 cm³/mol. The Morgan fingerprint density at radius 2 is 1.79 bits per heavy atom. The van der Waals surface area contributed by atoms with E-state index in [0.717, 1.165) is 51.4 Å². The molecule has 1 amide bonds. The van der Waals surface area contributed by atoms with Crippen LogP contribution in [0.2, 0.25) is 0 Å². The van der Waals surface area contributed by atoms with Gasteiger partial charge in [0.05, 0.1) is 18.6 Å². The van der Waals surface area contributed by atoms with Gasteiger partial charge >= 0.3 is 6.09 Å². The van der Waals surface area contributed by atoms with Crippen LogP contribution in [0.5, 0.6) is 0 Å². The summed E-state index contributed by atoms with van der Waals surface area (Å²) in [5.74, 6) is 1.50. The molecule has 2 fully saturated rings. The number of rotatable bonds is 16. The number of ether oxygens (including phenoxy) is 1. The van der Waals surface area contributed by atoms with Crippen LogP contribution in [-0.4, -0.2) is 48.3 Å². The van der Waals surface area contributed by atoms with Crippen LogP contribution >= 0.6 is 0 Å². The second-order valence-corrected chi connectivity index (χ2v) is 11.7. The van der Waals surface area contributed by atoms with Crippen LogP contribution in [0.15, 0.2) is 0 Å². The van der Waals surface area contributed by atoms with Gasteiger partial charge in [-0.25, -0.2) is 4.79 Å². The molecule has 3 unspecified atom stereocenters. The number of amides is 1. The van der Waals surface area contributed by atoms with Crippen molar-refractivity contribution >= 4 is 11.9 Å². The second kappa shape index (κ2) is 15.1. The van der Waals surface area contributed by atoms with Crippen LogP contribution in [0, 0.1) is 29.6 Å². The quantitative estimate of drug-likeness (QED) is 0.273. The number of ketones is 1. The number of aliphatic hydroxyl groups is 1. The lowest BCUT2D eigenvalue weighted by Crippen LogP contribution is -2.49. The van der Waals surface area contributed by atoms with Crippen molar-refractivity contribution in [2.24, 2.45) is 29.6 Å². The van der Waals surface area contributed by atoms with Gasteiger partial charge in [0.1, 0.15) is 5.78 Å². The third-order valence-electron chi connectivity index (χ3n) is 7.60. The van der Waals surface area contributed by atoms with Gasteiger partial charge in [0.25, 0.3) is 0 Å². The van der Waals surface area contributed by atoms with Crippen LogP contribution in [0.1, 0.15) is 105 Å². The largest absolute Gasteiger partial charge is 0.449 e. The smallest absolute Gasteiger partial charge is 0.407 e. The van der Waals surface area contributed by atoms with Crippen molar-refractivity contribution in [2.45, 2.75) is 123 Å². The molecule has 3 N–H and O–H groups in total. The van der Waals surface area contributed by atoms with E-state index < -0.39 is 6.10 Å². The number of aliphatic hydroxyl groups excluding tert-OH is 1. The molecule has 0 radical (unpaired) electrons. The van der Waals surface area contributed by atoms with E-state index in [9.17, 15) is 14.7 Å². The standard InChI is InChI=1S/C28H52N2O4/c1-6-7-13-24(27(32)25-23(26(25)31)15-14-19(2)3)29-17-22(16-20(4)5)30-28(33)34-18-21-11-9-8-10-12-21/h19-25,27,29,32H,6-18H2,1-5H3,(H,30,33)/t22-,23?,24+,25?,27?/m1/s1. The lowest BCUT2D eigenvalue weighted by molar-refractivity contribution is -0.113. The summed E-state index contributed by atoms with van der Waals surface area (Å²) >= 11 is 0. The highest BCUT2D eigenvalue weighted by molar-refractivity contribution is 5.99. The molecule has 6 nitrogen and oxygen atoms in total. The first-order chi connectivity index (χ1) is 16.2. The molecule has 34 heavy (non-hydrogen) atoms. The summed E-state index contributed by atoms with van der Waals surface area (Å²) in [7, 11) is 0. The molecule has 2 aliphatic carbocycles. The van der Waals surface area contributed by atoms with Crippen LogP contribution in [0.25, 0.3) is 0 Å². The van der Waals surface area contributed by atoms with Gasteiger partial charge in [0.15, 0.2) is 0 Å². The molecule has 2 rings (SSSR count). The van der Waals surface area contributed by atoms with E-state index in [4.69, 9.17) is 4.74 Å². The summed E-state index contributed by atoms with van der Waals surface area (Å²) in [6.45, 7) is 11.9. The fourth-order valence-corrected chi connectivity index (χ4v) is 5.43. The highest BCUT2D eigenvalue weighted by Crippen LogP contribution is 2.42. The molecular weight excluding hydrogens is 428 g/mol. The molecule has 0 bridgehead atoms. The zero-order valence-electron chi connectivity index (χ0n) is 22.5. The minimum Gasteiger partial charge on any atom is -0.449 e. The van der Waals surface area contributed by atoms with Gasteiger partial charge in [-0.1, -0.05) is 73.1 Å². The van der Waals surface area contributed by atoms with Crippen molar-refractivity contribution < 1.29 is 19.4 Å². The van der Waals surface area contributed by atoms with Crippen molar-refractivity contribution in [2.75, 3.05) is 13.2 Å². The normalized spacial score (nSPS) is 23.7. The maximum atomic E-state index is 12.5. The summed E-state index contributed by atoms with van der Waals surface area (Å²) in [5, 5.41) is 17.7. The van der Waals surface area contributed by atoms with Gasteiger partial charge in [-0.15, -0.1) is 0 Å². The first-order valence-electron chi connectivity index (χ1n) is 14.1. The summed E-state index contributed by atoms with van der Waals surface area (Å²) in [6, 6.07) is -0.200. The van der Waals surface area contributed by atoms with Crippen LogP contribution in [-0.2, 0) is 9.53 Å². The summed E-state index contributed by atoms with van der Waals surface area (Å²) in [4.78, 5) is 24.9. The topological polar surface area (TPSA) is 87.7 Å². The molecular formula is C28H52N2O4. The highest BCUT2D eigenvalue weighted by Gasteiger charge is 2.54. The Balaban J connectivity index is 1.87. The van der Waals surface area contributed by atoms with E-state index in [1.165, 1.54) is 19.3 Å². The number of carbonyl (C=O) groups is 2. The highest BCUT2D eigenvalue weighted by atomic mass is 16.5. The van der Waals surface area contributed by atoms with Crippen molar-refractivity contribution in [1.82, 2.24) is 10.6 Å². The fourth-order valence-electron chi connectivity index (χ4n) is 5.43. The van der Waals surface area contributed by atoms with Gasteiger partial charge in [-0.05, 0) is 49.9 Å². The third-order valence-corrected chi connectivity index (χ3v) is 7.60. The van der Waals surface area contributed by atoms with Gasteiger partial charge in [0.2, 0.25) is 0 Å². The van der Waals surface area contributed by atoms with E-state index in [1.807, 2.05) is 0 Å². The van der Waals surface area contributed by atoms with Crippen molar-refractivity contribution in [3.63, 3.8) is 0 Å². The van der Waals surface area contributed by atoms with E-state index >= 15 is 0 Å². The summed E-state index contributed by atoms with van der Waals surface area (Å²) in [6.07, 6.45) is 10.7. The zero-order valence-corrected chi connectivity index (χ0v) is 22.5. The van der Waals surface area contributed by atoms with Gasteiger partial charge in [-0.3, -0.25) is 4.79 Å². The van der Waals surface area contributed by atoms with E-state index in [1.54, 1.807) is 0 Å². The number of alkyl carbamates (subject to hydrolysis) is 1. The Morgan fingerprint density at radius 3 is 2.41 bits per heavy atom. The minimum absolute atomic E-state index is 0.0164. The molecule has 2 aliphatic rings. The molecule has 0 spiro atoms. The molecule has 5 atom stereocenters. The maximum absolute atomic E-state index is 12.5. The number of unbranched alkanes of at least 4 members (excludes halogenated alkanes) is 1. The first kappa shape index (κ1) is 29.1. The molecule has 0 aromatic rings. The molecule has 6 heteroatoms. The number of hydrogen-bond acceptors (Lipinski definition) is 5. The van der Waals surface area contributed by atoms with Crippen LogP contribution in [0.3, 0.4) is 0 Å². The predicted octanol–water partition coefficient (Wildman–Crippen LogP) is 5.47. The van der Waals surface area contributed by atoms with Crippen molar-refractivity contribution in [1.29, 1.82) is 0 Å². The summed E-state index contributed by atoms with van der Waals surface area (Å²) < 4.78 is 5.56. The lowest BCUT2D eigenvalue weighted by atomic mass is 9.90. The molecule has 198 valence electrons. The van der Waals surface area contributed by atoms with Gasteiger partial charge < -0.3 is 20.5 Å². The Labute approximate surface area is 208 Å². The van der Waals surface area contributed by atoms with Gasteiger partial charge in [-0.2, -0.15) is 0 Å². The fraction of sp³-hybridized carbons (Fsp3) is 0.929. The number of hydrogen-bond donors (Lipinski definition) is 3. The van der Waals surface area contributed by atoms with Crippen LogP contribution < -0.4 is 10.6 Å². The Hall–Kier alpha value is -1.14. The zero-order chi connectivity index (χ0) is 25.1. The summed E-state index contributed by atoms with van der Waals surface area (Å²) in [5.41, 5.74) is 0. The van der Waals surface area contributed by atoms with Crippen molar-refractivity contribution in [3.05, 3.63) is 0 Å². The van der Waals surface area contributed by atoms with E-state index in [-0.39, 0.29) is 35.8 Å². The Morgan fingerprint density at radius 1 is 1.09 bits per heavy atom. The molecule has 0 heterocycles. The first-order valence-corrected chi connectivity index (χ1v) is 14.1. The molecule has 0 saturated heterocycles. The third kappa shape index (κ3) is 10.2. The number of nitrogens with one attached hydrogen (secondary N) is 2. The average Bonchev–Trinajstić information content (AvgIpc) is 3.45. The maximum Gasteiger partial charge on any atom is 0.407 e. The number of carbonyl (C=O) groups excluding carboxylic acids is 2. The Kier molecular flexibility index (Phi) is 12.9. The average molecular weight is 481 g/mol. The number of Topliss-reactive ketones (excluding diaryl/α,β-unsaturated/α-hetero) is 1. The minimum atomic E-state index is -0.658.